The van der Waals surface area contributed by atoms with Crippen molar-refractivity contribution >= 4 is 39.2 Å². The molecule has 2 aliphatic rings. The number of methoxy groups -OCH3 is 1. The molecular formula is C30H36BrN5O2. The maximum Gasteiger partial charge on any atom is 0.411 e. The van der Waals surface area contributed by atoms with Crippen molar-refractivity contribution in [2.45, 2.75) is 56.7 Å². The van der Waals surface area contributed by atoms with Crippen molar-refractivity contribution < 1.29 is 9.53 Å². The van der Waals surface area contributed by atoms with Gasteiger partial charge in [0.25, 0.3) is 0 Å². The van der Waals surface area contributed by atoms with E-state index in [1.807, 2.05) is 36.5 Å². The number of piperidine rings is 1. The van der Waals surface area contributed by atoms with Gasteiger partial charge in [0.2, 0.25) is 0 Å². The predicted molar refractivity (Wildman–Crippen MR) is 158 cm³/mol. The molecule has 3 N–H and O–H groups in total. The number of amides is 1. The van der Waals surface area contributed by atoms with Crippen LogP contribution in [-0.2, 0) is 4.74 Å². The second kappa shape index (κ2) is 12.6. The molecule has 1 unspecified atom stereocenters. The van der Waals surface area contributed by atoms with Gasteiger partial charge in [0.1, 0.15) is 5.82 Å². The summed E-state index contributed by atoms with van der Waals surface area (Å²) in [7, 11) is 1.36. The minimum absolute atomic E-state index is 0.335. The number of rotatable bonds is 7. The van der Waals surface area contributed by atoms with Crippen molar-refractivity contribution in [3.05, 3.63) is 71.3 Å². The number of carbonyl (C=O) groups excluding carboxylic acids is 1. The number of nitrogens with one attached hydrogen (secondary N) is 3. The van der Waals surface area contributed by atoms with E-state index in [0.717, 1.165) is 40.9 Å². The van der Waals surface area contributed by atoms with E-state index in [9.17, 15) is 4.79 Å². The van der Waals surface area contributed by atoms with E-state index in [0.29, 0.717) is 23.8 Å². The Morgan fingerprint density at radius 2 is 1.76 bits per heavy atom. The number of halogens is 1. The van der Waals surface area contributed by atoms with Gasteiger partial charge >= 0.3 is 6.09 Å². The lowest BCUT2D eigenvalue weighted by Gasteiger charge is -2.40. The van der Waals surface area contributed by atoms with Crippen LogP contribution in [0.3, 0.4) is 0 Å². The summed E-state index contributed by atoms with van der Waals surface area (Å²) < 4.78 is 5.84. The minimum atomic E-state index is -0.479. The number of hydrogen-bond donors (Lipinski definition) is 3. The van der Waals surface area contributed by atoms with Crippen LogP contribution in [0.1, 0.15) is 38.5 Å². The summed E-state index contributed by atoms with van der Waals surface area (Å²) in [5.74, 6) is 0.882. The highest BCUT2D eigenvalue weighted by molar-refractivity contribution is 9.10. The van der Waals surface area contributed by atoms with Crippen molar-refractivity contribution in [2.24, 2.45) is 0 Å². The lowest BCUT2D eigenvalue weighted by atomic mass is 9.89. The number of anilines is 3. The Hall–Kier alpha value is -3.10. The summed E-state index contributed by atoms with van der Waals surface area (Å²) in [6, 6.07) is 21.7. The number of pyridine rings is 1. The molecule has 2 heterocycles. The zero-order valence-corrected chi connectivity index (χ0v) is 23.4. The van der Waals surface area contributed by atoms with Gasteiger partial charge in [-0.1, -0.05) is 40.9 Å². The first-order valence-electron chi connectivity index (χ1n) is 13.5. The van der Waals surface area contributed by atoms with Crippen LogP contribution < -0.4 is 20.9 Å². The lowest BCUT2D eigenvalue weighted by molar-refractivity contribution is 0.187. The first kappa shape index (κ1) is 26.5. The van der Waals surface area contributed by atoms with E-state index in [-0.39, 0.29) is 0 Å². The van der Waals surface area contributed by atoms with Gasteiger partial charge in [-0.05, 0) is 85.3 Å². The molecule has 2 aromatic carbocycles. The maximum atomic E-state index is 11.6. The smallest absolute Gasteiger partial charge is 0.411 e. The Balaban J connectivity index is 1.24. The molecule has 0 bridgehead atoms. The molecule has 1 amide bonds. The zero-order chi connectivity index (χ0) is 26.3. The maximum absolute atomic E-state index is 11.6. The quantitative estimate of drug-likeness (QED) is 0.291. The van der Waals surface area contributed by atoms with Gasteiger partial charge in [-0.25, -0.2) is 9.78 Å². The highest BCUT2D eigenvalue weighted by atomic mass is 79.9. The van der Waals surface area contributed by atoms with Crippen LogP contribution in [0.5, 0.6) is 0 Å². The highest BCUT2D eigenvalue weighted by Gasteiger charge is 2.29. The zero-order valence-electron chi connectivity index (χ0n) is 21.8. The van der Waals surface area contributed by atoms with E-state index >= 15 is 0 Å². The predicted octanol–water partition coefficient (Wildman–Crippen LogP) is 6.67. The number of carbonyl (C=O) groups is 1. The summed E-state index contributed by atoms with van der Waals surface area (Å²) in [5, 5.41) is 10.5. The monoisotopic (exact) mass is 577 g/mol. The van der Waals surface area contributed by atoms with E-state index in [4.69, 9.17) is 4.74 Å². The topological polar surface area (TPSA) is 78.5 Å². The fraction of sp³-hybridized carbons (Fsp3) is 0.400. The Kier molecular flexibility index (Phi) is 8.81. The summed E-state index contributed by atoms with van der Waals surface area (Å²) in [6.45, 7) is 2.15. The molecule has 5 rings (SSSR count). The SMILES string of the molecule is COC(=O)Nc1cccc(-c2ccnc(NC3CCCC[C@H]3N[C@H]3CCCN(c4ccc(Br)cc4)C3)c2)c1. The molecule has 1 aromatic heterocycles. The van der Waals surface area contributed by atoms with Crippen LogP contribution in [0.25, 0.3) is 11.1 Å². The summed E-state index contributed by atoms with van der Waals surface area (Å²) in [4.78, 5) is 18.8. The first-order valence-corrected chi connectivity index (χ1v) is 14.3. The van der Waals surface area contributed by atoms with Crippen molar-refractivity contribution in [1.29, 1.82) is 0 Å². The number of aromatic nitrogens is 1. The molecule has 200 valence electrons. The Morgan fingerprint density at radius 3 is 2.58 bits per heavy atom. The van der Waals surface area contributed by atoms with Crippen LogP contribution in [0.2, 0.25) is 0 Å². The third-order valence-electron chi connectivity index (χ3n) is 7.55. The third kappa shape index (κ3) is 6.85. The van der Waals surface area contributed by atoms with E-state index in [1.54, 1.807) is 0 Å². The fourth-order valence-electron chi connectivity index (χ4n) is 5.63. The van der Waals surface area contributed by atoms with Gasteiger partial charge in [-0.2, -0.15) is 0 Å². The van der Waals surface area contributed by atoms with E-state index < -0.39 is 6.09 Å². The van der Waals surface area contributed by atoms with Gasteiger partial charge in [0.15, 0.2) is 0 Å². The second-order valence-electron chi connectivity index (χ2n) is 10.2. The molecule has 2 fully saturated rings. The van der Waals surface area contributed by atoms with Crippen LogP contribution in [0, 0.1) is 0 Å². The number of hydrogen-bond acceptors (Lipinski definition) is 6. The van der Waals surface area contributed by atoms with Crippen molar-refractivity contribution in [2.75, 3.05) is 35.7 Å². The van der Waals surface area contributed by atoms with Crippen LogP contribution in [-0.4, -0.2) is 49.4 Å². The highest BCUT2D eigenvalue weighted by Crippen LogP contribution is 2.28. The molecule has 8 heteroatoms. The van der Waals surface area contributed by atoms with Crippen LogP contribution >= 0.6 is 15.9 Å². The second-order valence-corrected chi connectivity index (χ2v) is 11.1. The Bertz CT molecular complexity index is 1220. The normalized spacial score (nSPS) is 21.5. The molecule has 7 nitrogen and oxygen atoms in total. The first-order chi connectivity index (χ1) is 18.6. The average Bonchev–Trinajstić information content (AvgIpc) is 2.95. The van der Waals surface area contributed by atoms with Crippen LogP contribution in [0.15, 0.2) is 71.3 Å². The van der Waals surface area contributed by atoms with Crippen molar-refractivity contribution in [3.63, 3.8) is 0 Å². The summed E-state index contributed by atoms with van der Waals surface area (Å²) in [6.07, 6.45) is 8.57. The molecule has 1 aliphatic heterocycles. The van der Waals surface area contributed by atoms with E-state index in [1.165, 1.54) is 44.9 Å². The number of ether oxygens (including phenoxy) is 1. The van der Waals surface area contributed by atoms with Crippen molar-refractivity contribution in [1.82, 2.24) is 10.3 Å². The molecule has 0 radical (unpaired) electrons. The molecule has 1 saturated heterocycles. The molecular weight excluding hydrogens is 542 g/mol. The standard InChI is InChI=1S/C30H36BrN5O2/c1-38-30(37)34-24-7-4-6-21(18-24)22-15-16-32-29(19-22)35-28-10-3-2-9-27(28)33-25-8-5-17-36(20-25)26-13-11-23(31)12-14-26/h4,6-7,11-16,18-19,25,27-28,33H,2-3,5,8-10,17,20H2,1H3,(H,32,35)(H,34,37)/t25-,27+,28?/m0/s1. The summed E-state index contributed by atoms with van der Waals surface area (Å²) in [5.41, 5.74) is 4.05. The summed E-state index contributed by atoms with van der Waals surface area (Å²) >= 11 is 3.55. The van der Waals surface area contributed by atoms with E-state index in [2.05, 4.69) is 72.1 Å². The minimum Gasteiger partial charge on any atom is -0.453 e. The molecule has 3 atom stereocenters. The number of benzene rings is 2. The van der Waals surface area contributed by atoms with Crippen molar-refractivity contribution in [3.8, 4) is 11.1 Å². The van der Waals surface area contributed by atoms with Gasteiger partial charge in [-0.3, -0.25) is 5.32 Å². The van der Waals surface area contributed by atoms with Gasteiger partial charge in [0.05, 0.1) is 7.11 Å². The number of nitrogens with zero attached hydrogens (tertiary/aromatic N) is 2. The third-order valence-corrected chi connectivity index (χ3v) is 8.08. The Morgan fingerprint density at radius 1 is 0.974 bits per heavy atom. The Labute approximate surface area is 233 Å². The van der Waals surface area contributed by atoms with Gasteiger partial charge in [0, 0.05) is 53.3 Å². The van der Waals surface area contributed by atoms with Crippen LogP contribution in [0.4, 0.5) is 22.0 Å². The molecule has 0 spiro atoms. The average molecular weight is 579 g/mol. The lowest BCUT2D eigenvalue weighted by Crippen LogP contribution is -2.54. The van der Waals surface area contributed by atoms with Gasteiger partial charge in [-0.15, -0.1) is 0 Å². The molecule has 1 saturated carbocycles. The molecule has 38 heavy (non-hydrogen) atoms. The molecule has 3 aromatic rings. The fourth-order valence-corrected chi connectivity index (χ4v) is 5.89. The van der Waals surface area contributed by atoms with Gasteiger partial charge < -0.3 is 20.3 Å². The largest absolute Gasteiger partial charge is 0.453 e. The molecule has 1 aliphatic carbocycles.